The van der Waals surface area contributed by atoms with Crippen LogP contribution in [0.25, 0.3) is 0 Å². The Labute approximate surface area is 159 Å². The van der Waals surface area contributed by atoms with E-state index >= 15 is 0 Å². The Morgan fingerprint density at radius 3 is 1.78 bits per heavy atom. The summed E-state index contributed by atoms with van der Waals surface area (Å²) in [5.41, 5.74) is 4.31. The van der Waals surface area contributed by atoms with Gasteiger partial charge in [-0.05, 0) is 49.7 Å². The first-order chi connectivity index (χ1) is 13.0. The summed E-state index contributed by atoms with van der Waals surface area (Å²) in [6, 6.07) is 22.5. The predicted octanol–water partition coefficient (Wildman–Crippen LogP) is 5.45. The number of hydrogen-bond acceptors (Lipinski definition) is 4. The van der Waals surface area contributed by atoms with Crippen LogP contribution in [0, 0.1) is 6.92 Å². The maximum Gasteiger partial charge on any atom is 0.339 e. The average Bonchev–Trinajstić information content (AvgIpc) is 2.69. The van der Waals surface area contributed by atoms with Gasteiger partial charge in [-0.25, -0.2) is 4.79 Å². The summed E-state index contributed by atoms with van der Waals surface area (Å²) in [4.78, 5) is 26.6. The van der Waals surface area contributed by atoms with Crippen molar-refractivity contribution in [3.63, 3.8) is 0 Å². The third kappa shape index (κ3) is 3.60. The molecule has 0 spiro atoms. The molecule has 0 aliphatic rings. The van der Waals surface area contributed by atoms with Gasteiger partial charge in [0.25, 0.3) is 0 Å². The number of rotatable bonds is 5. The van der Waals surface area contributed by atoms with Crippen LogP contribution in [0.4, 0.5) is 17.1 Å². The molecule has 0 bridgehead atoms. The van der Waals surface area contributed by atoms with E-state index in [1.165, 1.54) is 7.11 Å². The monoisotopic (exact) mass is 359 g/mol. The zero-order valence-electron chi connectivity index (χ0n) is 15.6. The van der Waals surface area contributed by atoms with Crippen molar-refractivity contribution in [1.82, 2.24) is 0 Å². The Balaban J connectivity index is 2.34. The van der Waals surface area contributed by atoms with Crippen LogP contribution in [0.3, 0.4) is 0 Å². The highest BCUT2D eigenvalue weighted by atomic mass is 16.5. The van der Waals surface area contributed by atoms with Crippen LogP contribution in [-0.2, 0) is 4.74 Å². The molecule has 0 heterocycles. The lowest BCUT2D eigenvalue weighted by atomic mass is 10.0. The van der Waals surface area contributed by atoms with Crippen molar-refractivity contribution in [3.05, 3.63) is 89.5 Å². The Kier molecular flexibility index (Phi) is 5.36. The molecule has 0 aromatic heterocycles. The summed E-state index contributed by atoms with van der Waals surface area (Å²) in [5.74, 6) is -0.468. The zero-order chi connectivity index (χ0) is 19.4. The Morgan fingerprint density at radius 2 is 1.22 bits per heavy atom. The van der Waals surface area contributed by atoms with E-state index in [4.69, 9.17) is 4.74 Å². The SMILES string of the molecule is COC(=O)c1ccccc1N(c1ccccc1C)c1ccccc1C(C)=O. The third-order valence-electron chi connectivity index (χ3n) is 4.43. The molecule has 4 heteroatoms. The zero-order valence-corrected chi connectivity index (χ0v) is 15.6. The number of aryl methyl sites for hydroxylation is 1. The van der Waals surface area contributed by atoms with Crippen molar-refractivity contribution < 1.29 is 14.3 Å². The molecule has 0 aliphatic carbocycles. The van der Waals surface area contributed by atoms with Gasteiger partial charge in [-0.2, -0.15) is 0 Å². The highest BCUT2D eigenvalue weighted by Gasteiger charge is 2.23. The molecule has 27 heavy (non-hydrogen) atoms. The van der Waals surface area contributed by atoms with Crippen LogP contribution < -0.4 is 4.90 Å². The van der Waals surface area contributed by atoms with E-state index in [1.54, 1.807) is 25.1 Å². The molecule has 0 amide bonds. The number of ether oxygens (including phenoxy) is 1. The lowest BCUT2D eigenvalue weighted by Gasteiger charge is -2.29. The molecule has 0 N–H and O–H groups in total. The number of esters is 1. The van der Waals surface area contributed by atoms with Crippen molar-refractivity contribution in [3.8, 4) is 0 Å². The number of anilines is 3. The van der Waals surface area contributed by atoms with Crippen molar-refractivity contribution in [1.29, 1.82) is 0 Å². The van der Waals surface area contributed by atoms with Gasteiger partial charge in [-0.3, -0.25) is 4.79 Å². The molecule has 0 fully saturated rings. The molecule has 3 rings (SSSR count). The summed E-state index contributed by atoms with van der Waals surface area (Å²) in [6.45, 7) is 3.54. The van der Waals surface area contributed by atoms with Crippen LogP contribution in [0.1, 0.15) is 33.2 Å². The van der Waals surface area contributed by atoms with Crippen LogP contribution in [-0.4, -0.2) is 18.9 Å². The minimum atomic E-state index is -0.426. The maximum absolute atomic E-state index is 12.4. The fourth-order valence-electron chi connectivity index (χ4n) is 3.12. The van der Waals surface area contributed by atoms with Crippen LogP contribution in [0.15, 0.2) is 72.8 Å². The number of para-hydroxylation sites is 3. The Hall–Kier alpha value is -3.40. The molecule has 0 aliphatic heterocycles. The van der Waals surface area contributed by atoms with Crippen molar-refractivity contribution in [2.24, 2.45) is 0 Å². The molecule has 4 nitrogen and oxygen atoms in total. The third-order valence-corrected chi connectivity index (χ3v) is 4.43. The topological polar surface area (TPSA) is 46.6 Å². The quantitative estimate of drug-likeness (QED) is 0.449. The molecular formula is C23H21NO3. The molecule has 0 unspecified atom stereocenters. The molecule has 0 saturated heterocycles. The van der Waals surface area contributed by atoms with Gasteiger partial charge >= 0.3 is 5.97 Å². The van der Waals surface area contributed by atoms with Gasteiger partial charge in [0, 0.05) is 11.3 Å². The summed E-state index contributed by atoms with van der Waals surface area (Å²) < 4.78 is 4.97. The first kappa shape index (κ1) is 18.4. The molecule has 0 saturated carbocycles. The standard InChI is InChI=1S/C23H21NO3/c1-16-10-4-7-13-20(16)24(21-14-8-5-11-18(21)17(2)25)22-15-9-6-12-19(22)23(26)27-3/h4-15H,1-3H3. The second-order valence-electron chi connectivity index (χ2n) is 6.20. The minimum Gasteiger partial charge on any atom is -0.465 e. The first-order valence-corrected chi connectivity index (χ1v) is 8.67. The minimum absolute atomic E-state index is 0.0419. The van der Waals surface area contributed by atoms with E-state index in [2.05, 4.69) is 0 Å². The molecule has 3 aromatic carbocycles. The maximum atomic E-state index is 12.4. The van der Waals surface area contributed by atoms with E-state index in [0.717, 1.165) is 16.9 Å². The van der Waals surface area contributed by atoms with E-state index in [1.807, 2.05) is 66.4 Å². The van der Waals surface area contributed by atoms with Crippen LogP contribution in [0.5, 0.6) is 0 Å². The first-order valence-electron chi connectivity index (χ1n) is 8.67. The largest absolute Gasteiger partial charge is 0.465 e. The van der Waals surface area contributed by atoms with E-state index < -0.39 is 5.97 Å². The number of carbonyl (C=O) groups is 2. The smallest absolute Gasteiger partial charge is 0.339 e. The van der Waals surface area contributed by atoms with Gasteiger partial charge in [-0.1, -0.05) is 42.5 Å². The van der Waals surface area contributed by atoms with E-state index in [9.17, 15) is 9.59 Å². The lowest BCUT2D eigenvalue weighted by Crippen LogP contribution is -2.18. The van der Waals surface area contributed by atoms with Gasteiger partial charge in [0.05, 0.1) is 24.0 Å². The van der Waals surface area contributed by atoms with Gasteiger partial charge < -0.3 is 9.64 Å². The fraction of sp³-hybridized carbons (Fsp3) is 0.130. The average molecular weight is 359 g/mol. The van der Waals surface area contributed by atoms with Crippen LogP contribution >= 0.6 is 0 Å². The highest BCUT2D eigenvalue weighted by molar-refractivity contribution is 6.04. The predicted molar refractivity (Wildman–Crippen MR) is 107 cm³/mol. The summed E-state index contributed by atoms with van der Waals surface area (Å²) in [6.07, 6.45) is 0. The van der Waals surface area contributed by atoms with Gasteiger partial charge in [0.1, 0.15) is 0 Å². The molecular weight excluding hydrogens is 338 g/mol. The van der Waals surface area contributed by atoms with Crippen molar-refractivity contribution in [2.75, 3.05) is 12.0 Å². The van der Waals surface area contributed by atoms with E-state index in [-0.39, 0.29) is 5.78 Å². The second-order valence-corrected chi connectivity index (χ2v) is 6.20. The van der Waals surface area contributed by atoms with Crippen LogP contribution in [0.2, 0.25) is 0 Å². The fourth-order valence-corrected chi connectivity index (χ4v) is 3.12. The Bertz CT molecular complexity index is 994. The number of benzene rings is 3. The molecule has 3 aromatic rings. The molecule has 136 valence electrons. The molecule has 0 atom stereocenters. The number of ketones is 1. The van der Waals surface area contributed by atoms with Crippen molar-refractivity contribution in [2.45, 2.75) is 13.8 Å². The van der Waals surface area contributed by atoms with Gasteiger partial charge in [0.2, 0.25) is 0 Å². The molecule has 0 radical (unpaired) electrons. The van der Waals surface area contributed by atoms with Gasteiger partial charge in [-0.15, -0.1) is 0 Å². The Morgan fingerprint density at radius 1 is 0.741 bits per heavy atom. The lowest BCUT2D eigenvalue weighted by molar-refractivity contribution is 0.0601. The number of carbonyl (C=O) groups excluding carboxylic acids is 2. The van der Waals surface area contributed by atoms with Gasteiger partial charge in [0.15, 0.2) is 5.78 Å². The van der Waals surface area contributed by atoms with E-state index in [0.29, 0.717) is 16.8 Å². The highest BCUT2D eigenvalue weighted by Crippen LogP contribution is 2.40. The normalized spacial score (nSPS) is 10.3. The summed E-state index contributed by atoms with van der Waals surface area (Å²) in [7, 11) is 1.36. The second kappa shape index (κ2) is 7.87. The number of Topliss-reactive ketones (excluding diaryl/α,β-unsaturated/α-hetero) is 1. The number of methoxy groups -OCH3 is 1. The summed E-state index contributed by atoms with van der Waals surface area (Å²) >= 11 is 0. The summed E-state index contributed by atoms with van der Waals surface area (Å²) in [5, 5.41) is 0. The number of nitrogens with zero attached hydrogens (tertiary/aromatic N) is 1. The van der Waals surface area contributed by atoms with Crippen molar-refractivity contribution >= 4 is 28.8 Å². The number of hydrogen-bond donors (Lipinski definition) is 0.